The summed E-state index contributed by atoms with van der Waals surface area (Å²) in [6, 6.07) is 3.17. The number of rotatable bonds is 4. The van der Waals surface area contributed by atoms with E-state index < -0.39 is 57.6 Å². The number of hydrogen-bond donors (Lipinski definition) is 7. The lowest BCUT2D eigenvalue weighted by Gasteiger charge is -2.10. The van der Waals surface area contributed by atoms with Gasteiger partial charge in [0, 0.05) is 0 Å². The van der Waals surface area contributed by atoms with E-state index in [9.17, 15) is 34.8 Å². The molecule has 0 saturated carbocycles. The SMILES string of the molecule is O=C(O)c1cc(O)c(-c2nc(-c3cc(O)c(C(=O)O)cc3O)[nH]c(=O)n2)cc1O. The molecule has 148 valence electrons. The predicted molar refractivity (Wildman–Crippen MR) is 94.1 cm³/mol. The van der Waals surface area contributed by atoms with Gasteiger partial charge in [-0.25, -0.2) is 19.4 Å². The Bertz CT molecular complexity index is 1140. The Morgan fingerprint density at radius 3 is 1.72 bits per heavy atom. The van der Waals surface area contributed by atoms with Gasteiger partial charge in [-0.1, -0.05) is 0 Å². The van der Waals surface area contributed by atoms with Gasteiger partial charge in [-0.05, 0) is 24.3 Å². The lowest BCUT2D eigenvalue weighted by molar-refractivity contribution is 0.0682. The van der Waals surface area contributed by atoms with Gasteiger partial charge in [0.05, 0.1) is 11.1 Å². The van der Waals surface area contributed by atoms with Crippen LogP contribution < -0.4 is 5.69 Å². The molecule has 3 rings (SSSR count). The van der Waals surface area contributed by atoms with Gasteiger partial charge in [-0.3, -0.25) is 4.98 Å². The van der Waals surface area contributed by atoms with E-state index in [0.717, 1.165) is 24.3 Å². The first-order valence-corrected chi connectivity index (χ1v) is 7.66. The molecule has 12 heteroatoms. The second-order valence-electron chi connectivity index (χ2n) is 5.71. The molecule has 0 aliphatic rings. The molecule has 12 nitrogen and oxygen atoms in total. The van der Waals surface area contributed by atoms with Crippen molar-refractivity contribution in [1.82, 2.24) is 15.0 Å². The minimum atomic E-state index is -1.50. The zero-order valence-corrected chi connectivity index (χ0v) is 14.1. The van der Waals surface area contributed by atoms with Crippen LogP contribution in [0.2, 0.25) is 0 Å². The van der Waals surface area contributed by atoms with E-state index in [0.29, 0.717) is 0 Å². The van der Waals surface area contributed by atoms with Crippen LogP contribution in [0.1, 0.15) is 20.7 Å². The lowest BCUT2D eigenvalue weighted by atomic mass is 10.1. The number of aromatic hydroxyl groups is 4. The van der Waals surface area contributed by atoms with Crippen molar-refractivity contribution >= 4 is 11.9 Å². The maximum absolute atomic E-state index is 11.9. The minimum Gasteiger partial charge on any atom is -0.507 e. The molecule has 0 amide bonds. The highest BCUT2D eigenvalue weighted by atomic mass is 16.4. The zero-order valence-electron chi connectivity index (χ0n) is 14.1. The van der Waals surface area contributed by atoms with Crippen molar-refractivity contribution in [3.63, 3.8) is 0 Å². The molecule has 3 aromatic rings. The van der Waals surface area contributed by atoms with E-state index in [1.54, 1.807) is 0 Å². The Morgan fingerprint density at radius 1 is 0.724 bits per heavy atom. The molecule has 29 heavy (non-hydrogen) atoms. The van der Waals surface area contributed by atoms with Crippen molar-refractivity contribution in [2.45, 2.75) is 0 Å². The van der Waals surface area contributed by atoms with Crippen LogP contribution in [0.15, 0.2) is 29.1 Å². The van der Waals surface area contributed by atoms with Gasteiger partial charge in [0.25, 0.3) is 0 Å². The van der Waals surface area contributed by atoms with Crippen molar-refractivity contribution in [2.24, 2.45) is 0 Å². The quantitative estimate of drug-likeness (QED) is 0.302. The van der Waals surface area contributed by atoms with E-state index in [-0.39, 0.29) is 17.0 Å². The van der Waals surface area contributed by atoms with Crippen molar-refractivity contribution in [3.8, 4) is 45.8 Å². The summed E-state index contributed by atoms with van der Waals surface area (Å²) in [6.45, 7) is 0. The number of aromatic amines is 1. The molecule has 0 saturated heterocycles. The number of nitrogens with zero attached hydrogens (tertiary/aromatic N) is 2. The summed E-state index contributed by atoms with van der Waals surface area (Å²) in [7, 11) is 0. The van der Waals surface area contributed by atoms with Crippen LogP contribution >= 0.6 is 0 Å². The Hall–Kier alpha value is -4.61. The number of benzene rings is 2. The van der Waals surface area contributed by atoms with Crippen LogP contribution in [0.5, 0.6) is 23.0 Å². The third-order valence-corrected chi connectivity index (χ3v) is 3.84. The molecule has 0 aliphatic carbocycles. The second-order valence-corrected chi connectivity index (χ2v) is 5.71. The van der Waals surface area contributed by atoms with Gasteiger partial charge in [-0.2, -0.15) is 4.98 Å². The Balaban J connectivity index is 2.20. The molecule has 2 aromatic carbocycles. The Morgan fingerprint density at radius 2 is 1.21 bits per heavy atom. The Labute approximate surface area is 159 Å². The largest absolute Gasteiger partial charge is 0.507 e. The number of hydrogen-bond acceptors (Lipinski definition) is 9. The number of nitrogens with one attached hydrogen (secondary N) is 1. The first-order valence-electron chi connectivity index (χ1n) is 7.66. The fraction of sp³-hybridized carbons (Fsp3) is 0. The summed E-state index contributed by atoms with van der Waals surface area (Å²) in [5.74, 6) is -6.49. The van der Waals surface area contributed by atoms with Crippen molar-refractivity contribution in [2.75, 3.05) is 0 Å². The number of phenolic OH excluding ortho intramolecular Hbond substituents is 2. The highest BCUT2D eigenvalue weighted by Crippen LogP contribution is 2.36. The minimum absolute atomic E-state index is 0.251. The van der Waals surface area contributed by atoms with E-state index in [1.165, 1.54) is 0 Å². The number of aromatic nitrogens is 3. The summed E-state index contributed by atoms with van der Waals surface area (Å²) in [5, 5.41) is 57.6. The average Bonchev–Trinajstić information content (AvgIpc) is 2.63. The van der Waals surface area contributed by atoms with Gasteiger partial charge < -0.3 is 30.6 Å². The highest BCUT2D eigenvalue weighted by molar-refractivity contribution is 5.93. The summed E-state index contributed by atoms with van der Waals surface area (Å²) in [5.41, 5.74) is -2.71. The molecular weight excluding hydrogens is 390 g/mol. The number of H-pyrrole nitrogens is 1. The predicted octanol–water partition coefficient (Wildman–Crippen LogP) is 0.718. The summed E-state index contributed by atoms with van der Waals surface area (Å²) in [6.07, 6.45) is 0. The van der Waals surface area contributed by atoms with Crippen LogP contribution in [0.4, 0.5) is 0 Å². The molecule has 0 radical (unpaired) electrons. The fourth-order valence-electron chi connectivity index (χ4n) is 2.50. The highest BCUT2D eigenvalue weighted by Gasteiger charge is 2.20. The normalized spacial score (nSPS) is 10.6. The standard InChI is InChI=1S/C17H11N3O9/c21-9-3-7(15(25)26)11(23)1-5(9)13-18-14(20-17(29)19-13)6-2-12(24)8(16(27)28)4-10(6)22/h1-4,21-24H,(H,25,26)(H,27,28)(H,18,19,20,29). The number of carboxylic acids is 2. The van der Waals surface area contributed by atoms with Crippen LogP contribution in [0, 0.1) is 0 Å². The van der Waals surface area contributed by atoms with Crippen molar-refractivity contribution < 1.29 is 40.2 Å². The number of phenols is 4. The molecule has 0 atom stereocenters. The summed E-state index contributed by atoms with van der Waals surface area (Å²) in [4.78, 5) is 43.6. The topological polar surface area (TPSA) is 214 Å². The molecule has 0 unspecified atom stereocenters. The zero-order chi connectivity index (χ0) is 21.5. The first-order chi connectivity index (χ1) is 13.6. The van der Waals surface area contributed by atoms with Crippen LogP contribution in [0.25, 0.3) is 22.8 Å². The van der Waals surface area contributed by atoms with Crippen LogP contribution in [-0.2, 0) is 0 Å². The van der Waals surface area contributed by atoms with Gasteiger partial charge in [0.15, 0.2) is 5.82 Å². The van der Waals surface area contributed by atoms with Gasteiger partial charge in [-0.15, -0.1) is 0 Å². The monoisotopic (exact) mass is 401 g/mol. The lowest BCUT2D eigenvalue weighted by Crippen LogP contribution is -2.14. The molecule has 0 bridgehead atoms. The Kier molecular flexibility index (Phi) is 4.52. The van der Waals surface area contributed by atoms with Crippen molar-refractivity contribution in [1.29, 1.82) is 0 Å². The van der Waals surface area contributed by atoms with E-state index in [1.807, 2.05) is 0 Å². The van der Waals surface area contributed by atoms with Gasteiger partial charge >= 0.3 is 17.6 Å². The van der Waals surface area contributed by atoms with E-state index >= 15 is 0 Å². The number of carbonyl (C=O) groups is 2. The molecule has 0 fully saturated rings. The van der Waals surface area contributed by atoms with E-state index in [4.69, 9.17) is 10.2 Å². The smallest absolute Gasteiger partial charge is 0.348 e. The molecule has 0 aliphatic heterocycles. The molecule has 1 aromatic heterocycles. The fourth-order valence-corrected chi connectivity index (χ4v) is 2.50. The number of carboxylic acid groups (broad SMARTS) is 2. The van der Waals surface area contributed by atoms with Gasteiger partial charge in [0.2, 0.25) is 0 Å². The first kappa shape index (κ1) is 19.2. The molecular formula is C17H11N3O9. The van der Waals surface area contributed by atoms with Crippen LogP contribution in [0.3, 0.4) is 0 Å². The van der Waals surface area contributed by atoms with Crippen molar-refractivity contribution in [3.05, 3.63) is 45.9 Å². The average molecular weight is 401 g/mol. The molecule has 7 N–H and O–H groups in total. The molecule has 0 spiro atoms. The van der Waals surface area contributed by atoms with Crippen LogP contribution in [-0.4, -0.2) is 57.5 Å². The maximum Gasteiger partial charge on any atom is 0.348 e. The summed E-state index contributed by atoms with van der Waals surface area (Å²) >= 11 is 0. The third-order valence-electron chi connectivity index (χ3n) is 3.84. The van der Waals surface area contributed by atoms with Gasteiger partial charge in [0.1, 0.15) is 39.9 Å². The van der Waals surface area contributed by atoms with E-state index in [2.05, 4.69) is 15.0 Å². The second kappa shape index (κ2) is 6.84. The third kappa shape index (κ3) is 3.49. The maximum atomic E-state index is 11.9. The number of aromatic carboxylic acids is 2. The summed E-state index contributed by atoms with van der Waals surface area (Å²) < 4.78 is 0. The molecule has 1 heterocycles.